The number of anilines is 3. The smallest absolute Gasteiger partial charge is 0.222 e. The fraction of sp³-hybridized carbons (Fsp3) is 0.261. The maximum Gasteiger partial charge on any atom is 0.222 e. The molecule has 0 saturated carbocycles. The summed E-state index contributed by atoms with van der Waals surface area (Å²) in [5, 5.41) is 6.70. The quantitative estimate of drug-likeness (QED) is 0.584. The average Bonchev–Trinajstić information content (AvgIpc) is 3.26. The first-order valence-electron chi connectivity index (χ1n) is 10.1. The van der Waals surface area contributed by atoms with E-state index in [1.165, 1.54) is 5.57 Å². The van der Waals surface area contributed by atoms with E-state index in [-0.39, 0.29) is 5.91 Å². The second-order valence-electron chi connectivity index (χ2n) is 7.09. The molecule has 0 saturated heterocycles. The number of benzene rings is 1. The highest BCUT2D eigenvalue weighted by Gasteiger charge is 2.14. The number of nitrogens with zero attached hydrogens (tertiary/aromatic N) is 3. The van der Waals surface area contributed by atoms with E-state index in [2.05, 4.69) is 44.9 Å². The Morgan fingerprint density at radius 1 is 1.27 bits per heavy atom. The maximum absolute atomic E-state index is 11.9. The van der Waals surface area contributed by atoms with E-state index in [4.69, 9.17) is 0 Å². The molecule has 3 heterocycles. The summed E-state index contributed by atoms with van der Waals surface area (Å²) in [6, 6.07) is 8.16. The van der Waals surface area contributed by atoms with Gasteiger partial charge < -0.3 is 15.5 Å². The summed E-state index contributed by atoms with van der Waals surface area (Å²) in [6.07, 6.45) is 9.57. The number of nitrogens with one attached hydrogen (secondary N) is 2. The van der Waals surface area contributed by atoms with Gasteiger partial charge in [0, 0.05) is 44.0 Å². The molecular weight excluding hydrogens is 394 g/mol. The predicted molar refractivity (Wildman–Crippen MR) is 125 cm³/mol. The number of pyridine rings is 1. The van der Waals surface area contributed by atoms with Crippen LogP contribution in [-0.4, -0.2) is 40.9 Å². The van der Waals surface area contributed by atoms with Crippen LogP contribution in [-0.2, 0) is 4.79 Å². The van der Waals surface area contributed by atoms with Crippen LogP contribution in [0.25, 0.3) is 16.3 Å². The fourth-order valence-corrected chi connectivity index (χ4v) is 4.23. The maximum atomic E-state index is 11.9. The van der Waals surface area contributed by atoms with Gasteiger partial charge in [-0.25, -0.2) is 9.97 Å². The van der Waals surface area contributed by atoms with Crippen LogP contribution in [0, 0.1) is 0 Å². The summed E-state index contributed by atoms with van der Waals surface area (Å²) in [7, 11) is 1.88. The fourth-order valence-electron chi connectivity index (χ4n) is 3.52. The zero-order chi connectivity index (χ0) is 20.9. The molecule has 4 rings (SSSR count). The highest BCUT2D eigenvalue weighted by Crippen LogP contribution is 2.30. The number of amides is 1. The summed E-state index contributed by atoms with van der Waals surface area (Å²) in [4.78, 5) is 22.6. The number of allylic oxidation sites excluding steroid dienone is 1. The number of fused-ring (bicyclic) bond motifs is 1. The summed E-state index contributed by atoms with van der Waals surface area (Å²) in [5.41, 5.74) is 7.10. The first-order chi connectivity index (χ1) is 14.7. The molecule has 0 unspecified atom stereocenters. The lowest BCUT2D eigenvalue weighted by Gasteiger charge is -2.25. The first kappa shape index (κ1) is 20.1. The molecule has 1 aliphatic rings. The number of hydrogen-bond acceptors (Lipinski definition) is 6. The molecule has 1 aliphatic heterocycles. The number of carbonyl (C=O) groups is 1. The Morgan fingerprint density at radius 3 is 2.93 bits per heavy atom. The van der Waals surface area contributed by atoms with Gasteiger partial charge in [0.25, 0.3) is 0 Å². The highest BCUT2D eigenvalue weighted by atomic mass is 32.1. The minimum absolute atomic E-state index is 0.211. The number of hydrogen-bond donors (Lipinski definition) is 2. The van der Waals surface area contributed by atoms with Gasteiger partial charge in [0.1, 0.15) is 5.82 Å². The van der Waals surface area contributed by atoms with Crippen molar-refractivity contribution in [3.05, 3.63) is 59.3 Å². The molecular formula is C23H25N5OS. The molecule has 1 aromatic carbocycles. The molecule has 0 bridgehead atoms. The zero-order valence-corrected chi connectivity index (χ0v) is 18.0. The Labute approximate surface area is 180 Å². The first-order valence-corrected chi connectivity index (χ1v) is 11.0. The van der Waals surface area contributed by atoms with Crippen molar-refractivity contribution >= 4 is 50.7 Å². The molecule has 0 fully saturated rings. The van der Waals surface area contributed by atoms with Gasteiger partial charge in [-0.05, 0) is 42.3 Å². The normalized spacial score (nSPS) is 14.2. The van der Waals surface area contributed by atoms with Gasteiger partial charge in [0.05, 0.1) is 21.4 Å². The van der Waals surface area contributed by atoms with E-state index in [1.807, 2.05) is 42.6 Å². The predicted octanol–water partition coefficient (Wildman–Crippen LogP) is 5.06. The van der Waals surface area contributed by atoms with Crippen LogP contribution in [0.1, 0.15) is 25.3 Å². The third-order valence-corrected chi connectivity index (χ3v) is 5.99. The molecule has 30 heavy (non-hydrogen) atoms. The Kier molecular flexibility index (Phi) is 6.09. The highest BCUT2D eigenvalue weighted by molar-refractivity contribution is 7.16. The molecule has 6 nitrogen and oxygen atoms in total. The lowest BCUT2D eigenvalue weighted by atomic mass is 10.1. The van der Waals surface area contributed by atoms with Gasteiger partial charge in [-0.15, -0.1) is 11.3 Å². The van der Waals surface area contributed by atoms with Crippen molar-refractivity contribution in [1.29, 1.82) is 0 Å². The van der Waals surface area contributed by atoms with Crippen LogP contribution in [0.3, 0.4) is 0 Å². The van der Waals surface area contributed by atoms with E-state index >= 15 is 0 Å². The SMILES string of the molecule is CCC(=O)N1CC=C(/C=C/c2c(Nc3ccc4ncsc4c3)ccnc2NC)CC1. The molecule has 154 valence electrons. The Balaban J connectivity index is 1.57. The van der Waals surface area contributed by atoms with Crippen molar-refractivity contribution < 1.29 is 4.79 Å². The van der Waals surface area contributed by atoms with Gasteiger partial charge in [-0.1, -0.05) is 19.1 Å². The van der Waals surface area contributed by atoms with Crippen LogP contribution in [0.15, 0.2) is 53.7 Å². The Bertz CT molecular complexity index is 1120. The van der Waals surface area contributed by atoms with Gasteiger partial charge in [0.2, 0.25) is 5.91 Å². The molecule has 2 N–H and O–H groups in total. The van der Waals surface area contributed by atoms with Crippen LogP contribution < -0.4 is 10.6 Å². The van der Waals surface area contributed by atoms with Crippen LogP contribution in [0.4, 0.5) is 17.2 Å². The average molecular weight is 420 g/mol. The minimum atomic E-state index is 0.211. The Hall–Kier alpha value is -3.19. The summed E-state index contributed by atoms with van der Waals surface area (Å²) < 4.78 is 1.15. The number of thiazole rings is 1. The largest absolute Gasteiger partial charge is 0.373 e. The van der Waals surface area contributed by atoms with E-state index in [0.717, 1.165) is 45.9 Å². The van der Waals surface area contributed by atoms with Crippen molar-refractivity contribution in [3.8, 4) is 0 Å². The van der Waals surface area contributed by atoms with E-state index < -0.39 is 0 Å². The van der Waals surface area contributed by atoms with E-state index in [0.29, 0.717) is 13.0 Å². The second kappa shape index (κ2) is 9.09. The van der Waals surface area contributed by atoms with Gasteiger partial charge in [-0.2, -0.15) is 0 Å². The van der Waals surface area contributed by atoms with Crippen molar-refractivity contribution in [2.24, 2.45) is 0 Å². The molecule has 0 spiro atoms. The number of carbonyl (C=O) groups excluding carboxylic acids is 1. The minimum Gasteiger partial charge on any atom is -0.373 e. The summed E-state index contributed by atoms with van der Waals surface area (Å²) >= 11 is 1.63. The van der Waals surface area contributed by atoms with Crippen molar-refractivity contribution in [2.75, 3.05) is 30.8 Å². The lowest BCUT2D eigenvalue weighted by molar-refractivity contribution is -0.130. The topological polar surface area (TPSA) is 70.2 Å². The number of aromatic nitrogens is 2. The molecule has 0 atom stereocenters. The lowest BCUT2D eigenvalue weighted by Crippen LogP contribution is -2.34. The van der Waals surface area contributed by atoms with Crippen molar-refractivity contribution in [3.63, 3.8) is 0 Å². The second-order valence-corrected chi connectivity index (χ2v) is 7.97. The van der Waals surface area contributed by atoms with E-state index in [9.17, 15) is 4.79 Å². The summed E-state index contributed by atoms with van der Waals surface area (Å²) in [5.74, 6) is 1.03. The van der Waals surface area contributed by atoms with Crippen LogP contribution in [0.5, 0.6) is 0 Å². The molecule has 7 heteroatoms. The zero-order valence-electron chi connectivity index (χ0n) is 17.2. The van der Waals surface area contributed by atoms with Gasteiger partial charge in [-0.3, -0.25) is 4.79 Å². The number of rotatable bonds is 6. The van der Waals surface area contributed by atoms with Gasteiger partial charge in [0.15, 0.2) is 0 Å². The van der Waals surface area contributed by atoms with Crippen molar-refractivity contribution in [1.82, 2.24) is 14.9 Å². The van der Waals surface area contributed by atoms with Crippen LogP contribution >= 0.6 is 11.3 Å². The van der Waals surface area contributed by atoms with E-state index in [1.54, 1.807) is 17.5 Å². The molecule has 1 amide bonds. The molecule has 0 aliphatic carbocycles. The standard InChI is InChI=1S/C23H25N5OS/c1-3-22(29)28-12-9-16(10-13-28)4-6-18-19(8-11-25-23(18)24-2)27-17-5-7-20-21(14-17)30-15-26-20/h4-9,11,14-15H,3,10,12-13H2,1-2H3,(H2,24,25,27)/b6-4+. The van der Waals surface area contributed by atoms with Gasteiger partial charge >= 0.3 is 0 Å². The molecule has 3 aromatic rings. The monoisotopic (exact) mass is 419 g/mol. The third-order valence-electron chi connectivity index (χ3n) is 5.20. The third kappa shape index (κ3) is 4.36. The summed E-state index contributed by atoms with van der Waals surface area (Å²) in [6.45, 7) is 3.36. The Morgan fingerprint density at radius 2 is 2.17 bits per heavy atom. The van der Waals surface area contributed by atoms with Crippen molar-refractivity contribution in [2.45, 2.75) is 19.8 Å². The molecule has 2 aromatic heterocycles. The molecule has 0 radical (unpaired) electrons. The van der Waals surface area contributed by atoms with Crippen LogP contribution in [0.2, 0.25) is 0 Å².